The van der Waals surface area contributed by atoms with Gasteiger partial charge in [0.15, 0.2) is 17.1 Å². The standard InChI is InChI=1S/C22H20O10/c1-22-17-14(31-21(22)19(29)18(28)15(7-23)32-22)6-12(27)16-11(26)5-13(30-20(16)17)8-2-9(24)4-10(25)3-8/h2-6,15,18-19,21,23-25,27-29H,7H2,1H3/t15-,18-,19?,21?,22+/m1/s1. The monoisotopic (exact) mass is 444 g/mol. The maximum atomic E-state index is 12.9. The van der Waals surface area contributed by atoms with E-state index in [1.54, 1.807) is 6.92 Å². The SMILES string of the molecule is C[C@@]12O[C@H](CO)[C@@H](O)C(O)C1Oc1cc(O)c3c(=O)cc(-c4cc(O)cc(O)c4)oc3c12. The number of phenolic OH excluding ortho intramolecular Hbond substituents is 3. The number of aromatic hydroxyl groups is 3. The first-order chi connectivity index (χ1) is 15.1. The molecule has 2 aliphatic heterocycles. The maximum absolute atomic E-state index is 12.9. The molecule has 10 nitrogen and oxygen atoms in total. The molecular formula is C22H20O10. The first-order valence-corrected chi connectivity index (χ1v) is 9.83. The summed E-state index contributed by atoms with van der Waals surface area (Å²) in [5, 5.41) is 60.4. The molecule has 0 aliphatic carbocycles. The van der Waals surface area contributed by atoms with Crippen molar-refractivity contribution in [3.63, 3.8) is 0 Å². The molecule has 2 aromatic carbocycles. The van der Waals surface area contributed by atoms with Gasteiger partial charge in [-0.25, -0.2) is 0 Å². The van der Waals surface area contributed by atoms with Crippen LogP contribution in [-0.2, 0) is 10.3 Å². The topological polar surface area (TPSA) is 170 Å². The molecule has 2 unspecified atom stereocenters. The van der Waals surface area contributed by atoms with Crippen molar-refractivity contribution in [2.24, 2.45) is 0 Å². The second-order valence-electron chi connectivity index (χ2n) is 8.15. The van der Waals surface area contributed by atoms with E-state index in [9.17, 15) is 35.4 Å². The third-order valence-corrected chi connectivity index (χ3v) is 6.04. The van der Waals surface area contributed by atoms with Crippen LogP contribution in [0.2, 0.25) is 0 Å². The number of benzene rings is 2. The first kappa shape index (κ1) is 20.6. The Morgan fingerprint density at radius 2 is 1.69 bits per heavy atom. The van der Waals surface area contributed by atoms with E-state index in [0.717, 1.165) is 12.1 Å². The number of fused-ring (bicyclic) bond motifs is 5. The van der Waals surface area contributed by atoms with Crippen molar-refractivity contribution < 1.29 is 44.5 Å². The van der Waals surface area contributed by atoms with E-state index in [4.69, 9.17) is 13.9 Å². The number of aliphatic hydroxyl groups excluding tert-OH is 3. The molecule has 6 N–H and O–H groups in total. The Bertz CT molecular complexity index is 1280. The number of rotatable bonds is 2. The fourth-order valence-electron chi connectivity index (χ4n) is 4.58. The molecule has 5 rings (SSSR count). The van der Waals surface area contributed by atoms with Gasteiger partial charge in [-0.1, -0.05) is 0 Å². The van der Waals surface area contributed by atoms with Gasteiger partial charge in [0.1, 0.15) is 58.1 Å². The molecule has 0 saturated carbocycles. The number of ether oxygens (including phenoxy) is 2. The zero-order chi connectivity index (χ0) is 22.9. The van der Waals surface area contributed by atoms with Gasteiger partial charge in [0.2, 0.25) is 0 Å². The lowest BCUT2D eigenvalue weighted by atomic mass is 9.82. The van der Waals surface area contributed by atoms with Crippen molar-refractivity contribution >= 4 is 11.0 Å². The van der Waals surface area contributed by atoms with Crippen LogP contribution in [0.4, 0.5) is 0 Å². The largest absolute Gasteiger partial charge is 0.508 e. The van der Waals surface area contributed by atoms with Gasteiger partial charge in [0, 0.05) is 23.8 Å². The molecule has 32 heavy (non-hydrogen) atoms. The summed E-state index contributed by atoms with van der Waals surface area (Å²) in [6.07, 6.45) is -5.11. The van der Waals surface area contributed by atoms with Gasteiger partial charge < -0.3 is 44.5 Å². The summed E-state index contributed by atoms with van der Waals surface area (Å²) in [7, 11) is 0. The van der Waals surface area contributed by atoms with Crippen LogP contribution in [-0.4, -0.2) is 61.7 Å². The molecule has 0 radical (unpaired) electrons. The van der Waals surface area contributed by atoms with Crippen LogP contribution < -0.4 is 10.2 Å². The molecule has 0 bridgehead atoms. The third-order valence-electron chi connectivity index (χ3n) is 6.04. The Morgan fingerprint density at radius 3 is 2.34 bits per heavy atom. The number of hydrogen-bond donors (Lipinski definition) is 6. The molecule has 1 aromatic heterocycles. The summed E-state index contributed by atoms with van der Waals surface area (Å²) >= 11 is 0. The van der Waals surface area contributed by atoms with Crippen molar-refractivity contribution in [1.82, 2.24) is 0 Å². The molecule has 3 heterocycles. The van der Waals surface area contributed by atoms with Crippen molar-refractivity contribution in [3.8, 4) is 34.3 Å². The summed E-state index contributed by atoms with van der Waals surface area (Å²) in [6, 6.07) is 5.99. The molecular weight excluding hydrogens is 424 g/mol. The van der Waals surface area contributed by atoms with Crippen LogP contribution in [0.15, 0.2) is 39.5 Å². The third kappa shape index (κ3) is 2.77. The minimum atomic E-state index is -1.44. The molecule has 168 valence electrons. The zero-order valence-corrected chi connectivity index (χ0v) is 16.7. The first-order valence-electron chi connectivity index (χ1n) is 9.83. The lowest BCUT2D eigenvalue weighted by Gasteiger charge is -2.44. The van der Waals surface area contributed by atoms with E-state index < -0.39 is 47.8 Å². The van der Waals surface area contributed by atoms with Crippen molar-refractivity contribution in [1.29, 1.82) is 0 Å². The van der Waals surface area contributed by atoms with Crippen molar-refractivity contribution in [2.75, 3.05) is 6.61 Å². The summed E-state index contributed by atoms with van der Waals surface area (Å²) in [5.41, 5.74) is -1.72. The molecule has 1 fully saturated rings. The molecule has 0 spiro atoms. The smallest absolute Gasteiger partial charge is 0.197 e. The van der Waals surface area contributed by atoms with Gasteiger partial charge in [-0.05, 0) is 19.1 Å². The van der Waals surface area contributed by atoms with Gasteiger partial charge in [0.05, 0.1) is 12.2 Å². The van der Waals surface area contributed by atoms with Crippen LogP contribution in [0.5, 0.6) is 23.0 Å². The predicted molar refractivity (Wildman–Crippen MR) is 109 cm³/mol. The number of aliphatic hydroxyl groups is 3. The Hall–Kier alpha value is -3.31. The quantitative estimate of drug-likeness (QED) is 0.330. The molecule has 10 heteroatoms. The molecule has 5 atom stereocenters. The van der Waals surface area contributed by atoms with Gasteiger partial charge in [-0.3, -0.25) is 4.79 Å². The van der Waals surface area contributed by atoms with Crippen LogP contribution in [0, 0.1) is 0 Å². The average Bonchev–Trinajstić information content (AvgIpc) is 3.02. The lowest BCUT2D eigenvalue weighted by molar-refractivity contribution is -0.255. The van der Waals surface area contributed by atoms with Crippen LogP contribution >= 0.6 is 0 Å². The normalized spacial score (nSPS) is 28.9. The van der Waals surface area contributed by atoms with E-state index in [-0.39, 0.29) is 45.1 Å². The Balaban J connectivity index is 1.79. The highest BCUT2D eigenvalue weighted by molar-refractivity contribution is 5.90. The highest BCUT2D eigenvalue weighted by Gasteiger charge is 2.59. The lowest BCUT2D eigenvalue weighted by Crippen LogP contribution is -2.62. The maximum Gasteiger partial charge on any atom is 0.197 e. The van der Waals surface area contributed by atoms with Gasteiger partial charge in [-0.2, -0.15) is 0 Å². The van der Waals surface area contributed by atoms with Crippen molar-refractivity contribution in [3.05, 3.63) is 46.1 Å². The highest BCUT2D eigenvalue weighted by Crippen LogP contribution is 2.53. The van der Waals surface area contributed by atoms with Crippen LogP contribution in [0.1, 0.15) is 12.5 Å². The van der Waals surface area contributed by atoms with Gasteiger partial charge in [0.25, 0.3) is 0 Å². The zero-order valence-electron chi connectivity index (χ0n) is 16.7. The Kier molecular flexibility index (Phi) is 4.40. The molecule has 0 amide bonds. The molecule has 3 aromatic rings. The van der Waals surface area contributed by atoms with Gasteiger partial charge in [-0.15, -0.1) is 0 Å². The highest BCUT2D eigenvalue weighted by atomic mass is 16.6. The Labute approximate surface area is 180 Å². The van der Waals surface area contributed by atoms with Crippen LogP contribution in [0.25, 0.3) is 22.3 Å². The second-order valence-corrected chi connectivity index (χ2v) is 8.15. The number of phenols is 3. The predicted octanol–water partition coefficient (Wildman–Crippen LogP) is 0.666. The van der Waals surface area contributed by atoms with Crippen molar-refractivity contribution in [2.45, 2.75) is 36.9 Å². The Morgan fingerprint density at radius 1 is 1.00 bits per heavy atom. The van der Waals surface area contributed by atoms with Crippen LogP contribution in [0.3, 0.4) is 0 Å². The van der Waals surface area contributed by atoms with E-state index in [1.165, 1.54) is 18.2 Å². The summed E-state index contributed by atoms with van der Waals surface area (Å²) in [4.78, 5) is 12.9. The molecule has 1 saturated heterocycles. The van der Waals surface area contributed by atoms with E-state index in [0.29, 0.717) is 0 Å². The van der Waals surface area contributed by atoms with E-state index in [1.807, 2.05) is 0 Å². The minimum Gasteiger partial charge on any atom is -0.508 e. The van der Waals surface area contributed by atoms with Gasteiger partial charge >= 0.3 is 0 Å². The van der Waals surface area contributed by atoms with E-state index >= 15 is 0 Å². The number of hydrogen-bond acceptors (Lipinski definition) is 10. The second kappa shape index (κ2) is 6.84. The molecule has 2 aliphatic rings. The summed E-state index contributed by atoms with van der Waals surface area (Å²) in [6.45, 7) is 0.980. The fourth-order valence-corrected chi connectivity index (χ4v) is 4.58. The fraction of sp³-hybridized carbons (Fsp3) is 0.318. The summed E-state index contributed by atoms with van der Waals surface area (Å²) < 4.78 is 17.7. The minimum absolute atomic E-state index is 0.0105. The average molecular weight is 444 g/mol. The van der Waals surface area contributed by atoms with E-state index in [2.05, 4.69) is 0 Å². The summed E-state index contributed by atoms with van der Waals surface area (Å²) in [5.74, 6) is -0.862.